The predicted molar refractivity (Wildman–Crippen MR) is 82.4 cm³/mol. The summed E-state index contributed by atoms with van der Waals surface area (Å²) in [6, 6.07) is 0. The summed E-state index contributed by atoms with van der Waals surface area (Å²) in [5.41, 5.74) is -0.369. The summed E-state index contributed by atoms with van der Waals surface area (Å²) >= 11 is 0. The first-order chi connectivity index (χ1) is 10.8. The largest absolute Gasteiger partial charge is 0.457 e. The van der Waals surface area contributed by atoms with Crippen LogP contribution in [-0.4, -0.2) is 29.4 Å². The van der Waals surface area contributed by atoms with Gasteiger partial charge in [0.2, 0.25) is 0 Å². The molecule has 5 nitrogen and oxygen atoms in total. The number of rotatable bonds is 5. The third-order valence-corrected chi connectivity index (χ3v) is 5.45. The molecule has 4 fully saturated rings. The number of ketones is 1. The van der Waals surface area contributed by atoms with E-state index < -0.39 is 23.6 Å². The number of Topliss-reactive ketones (excluding diaryl/α,β-unsaturated/α-hetero) is 1. The van der Waals surface area contributed by atoms with Gasteiger partial charge in [0, 0.05) is 11.5 Å². The summed E-state index contributed by atoms with van der Waals surface area (Å²) in [5, 5.41) is 0. The fourth-order valence-corrected chi connectivity index (χ4v) is 4.92. The summed E-state index contributed by atoms with van der Waals surface area (Å²) in [4.78, 5) is 35.3. The molecule has 4 bridgehead atoms. The fourth-order valence-electron chi connectivity index (χ4n) is 4.92. The number of hydrogen-bond donors (Lipinski definition) is 0. The van der Waals surface area contributed by atoms with Crippen LogP contribution >= 0.6 is 0 Å². The Bertz CT molecular complexity index is 550. The van der Waals surface area contributed by atoms with Crippen molar-refractivity contribution < 1.29 is 23.9 Å². The van der Waals surface area contributed by atoms with Crippen LogP contribution in [0.4, 0.5) is 0 Å². The number of carbonyl (C=O) groups is 3. The van der Waals surface area contributed by atoms with Gasteiger partial charge in [0.25, 0.3) is 0 Å². The van der Waals surface area contributed by atoms with Gasteiger partial charge in [0.1, 0.15) is 23.9 Å². The zero-order chi connectivity index (χ0) is 16.8. The first-order valence-corrected chi connectivity index (χ1v) is 8.37. The molecular formula is C18H24O5. The zero-order valence-corrected chi connectivity index (χ0v) is 13.8. The molecule has 0 saturated heterocycles. The summed E-state index contributed by atoms with van der Waals surface area (Å²) in [5.74, 6) is 0.156. The van der Waals surface area contributed by atoms with Gasteiger partial charge < -0.3 is 9.47 Å². The Morgan fingerprint density at radius 1 is 1.09 bits per heavy atom. The average Bonchev–Trinajstić information content (AvgIpc) is 2.41. The SMILES string of the molecule is C=C(C)C(=O)OC12CC3CC(CC(C3)C1OC(=O)CC(C)=O)C2. The monoisotopic (exact) mass is 320 g/mol. The minimum atomic E-state index is -0.725. The van der Waals surface area contributed by atoms with Crippen molar-refractivity contribution in [1.29, 1.82) is 0 Å². The van der Waals surface area contributed by atoms with Crippen molar-refractivity contribution in [2.75, 3.05) is 0 Å². The first kappa shape index (κ1) is 16.2. The second-order valence-corrected chi connectivity index (χ2v) is 7.63. The van der Waals surface area contributed by atoms with E-state index in [0.717, 1.165) is 25.7 Å². The zero-order valence-electron chi connectivity index (χ0n) is 13.8. The number of hydrogen-bond acceptors (Lipinski definition) is 5. The Hall–Kier alpha value is -1.65. The molecule has 0 aromatic rings. The van der Waals surface area contributed by atoms with Crippen molar-refractivity contribution in [2.24, 2.45) is 17.8 Å². The quantitative estimate of drug-likeness (QED) is 0.442. The molecule has 4 aliphatic rings. The highest BCUT2D eigenvalue weighted by atomic mass is 16.6. The minimum absolute atomic E-state index is 0.216. The van der Waals surface area contributed by atoms with E-state index in [1.54, 1.807) is 6.92 Å². The highest BCUT2D eigenvalue weighted by Gasteiger charge is 2.61. The van der Waals surface area contributed by atoms with Crippen LogP contribution in [0.25, 0.3) is 0 Å². The molecule has 0 spiro atoms. The molecule has 0 N–H and O–H groups in total. The number of ether oxygens (including phenoxy) is 2. The second kappa shape index (κ2) is 5.77. The van der Waals surface area contributed by atoms with Gasteiger partial charge in [-0.2, -0.15) is 0 Å². The molecule has 0 radical (unpaired) electrons. The lowest BCUT2D eigenvalue weighted by Crippen LogP contribution is -2.63. The maximum Gasteiger partial charge on any atom is 0.333 e. The van der Waals surface area contributed by atoms with E-state index in [0.29, 0.717) is 17.4 Å². The molecule has 126 valence electrons. The van der Waals surface area contributed by atoms with Crippen molar-refractivity contribution in [3.63, 3.8) is 0 Å². The second-order valence-electron chi connectivity index (χ2n) is 7.63. The molecular weight excluding hydrogens is 296 g/mol. The third kappa shape index (κ3) is 3.06. The smallest absolute Gasteiger partial charge is 0.333 e. The summed E-state index contributed by atoms with van der Waals surface area (Å²) < 4.78 is 11.5. The van der Waals surface area contributed by atoms with E-state index in [2.05, 4.69) is 6.58 Å². The standard InChI is InChI=1S/C18H24O5/c1-10(2)17(21)23-18-8-12-5-13(9-18)7-14(6-12)16(18)22-15(20)4-11(3)19/h12-14,16H,1,4-9H2,2-3H3. The molecule has 3 unspecified atom stereocenters. The highest BCUT2D eigenvalue weighted by molar-refractivity contribution is 5.94. The Labute approximate surface area is 136 Å². The first-order valence-electron chi connectivity index (χ1n) is 8.37. The Morgan fingerprint density at radius 3 is 2.22 bits per heavy atom. The fraction of sp³-hybridized carbons (Fsp3) is 0.722. The molecule has 0 aromatic heterocycles. The molecule has 4 aliphatic carbocycles. The summed E-state index contributed by atoms with van der Waals surface area (Å²) in [7, 11) is 0. The van der Waals surface area contributed by atoms with Crippen LogP contribution < -0.4 is 0 Å². The van der Waals surface area contributed by atoms with Crippen molar-refractivity contribution in [2.45, 2.75) is 64.1 Å². The molecule has 0 aliphatic heterocycles. The van der Waals surface area contributed by atoms with Crippen LogP contribution in [0.3, 0.4) is 0 Å². The number of esters is 2. The summed E-state index contributed by atoms with van der Waals surface area (Å²) in [6.45, 7) is 6.65. The Kier molecular flexibility index (Phi) is 4.07. The van der Waals surface area contributed by atoms with E-state index in [1.165, 1.54) is 13.3 Å². The lowest BCUT2D eigenvalue weighted by atomic mass is 9.52. The maximum absolute atomic E-state index is 12.1. The molecule has 5 heteroatoms. The molecule has 4 saturated carbocycles. The molecule has 23 heavy (non-hydrogen) atoms. The molecule has 4 rings (SSSR count). The normalized spacial score (nSPS) is 37.3. The Morgan fingerprint density at radius 2 is 1.70 bits per heavy atom. The van der Waals surface area contributed by atoms with Gasteiger partial charge in [-0.1, -0.05) is 6.58 Å². The molecule has 0 aromatic carbocycles. The van der Waals surface area contributed by atoms with E-state index in [9.17, 15) is 14.4 Å². The Balaban J connectivity index is 1.82. The van der Waals surface area contributed by atoms with Crippen molar-refractivity contribution in [3.8, 4) is 0 Å². The molecule has 0 amide bonds. The molecule has 0 heterocycles. The van der Waals surface area contributed by atoms with Crippen molar-refractivity contribution in [1.82, 2.24) is 0 Å². The van der Waals surface area contributed by atoms with Crippen LogP contribution in [-0.2, 0) is 23.9 Å². The lowest BCUT2D eigenvalue weighted by molar-refractivity contribution is -0.235. The molecule has 3 atom stereocenters. The van der Waals surface area contributed by atoms with Crippen LogP contribution in [0, 0.1) is 17.8 Å². The minimum Gasteiger partial charge on any atom is -0.457 e. The lowest BCUT2D eigenvalue weighted by Gasteiger charge is -2.59. The van der Waals surface area contributed by atoms with Crippen molar-refractivity contribution >= 4 is 17.7 Å². The third-order valence-electron chi connectivity index (χ3n) is 5.45. The van der Waals surface area contributed by atoms with E-state index in [-0.39, 0.29) is 18.1 Å². The van der Waals surface area contributed by atoms with Gasteiger partial charge in [0.15, 0.2) is 0 Å². The van der Waals surface area contributed by atoms with Crippen LogP contribution in [0.1, 0.15) is 52.4 Å². The van der Waals surface area contributed by atoms with Gasteiger partial charge in [-0.25, -0.2) is 4.79 Å². The van der Waals surface area contributed by atoms with Crippen LogP contribution in [0.5, 0.6) is 0 Å². The van der Waals surface area contributed by atoms with E-state index in [4.69, 9.17) is 9.47 Å². The maximum atomic E-state index is 12.1. The van der Waals surface area contributed by atoms with E-state index in [1.807, 2.05) is 0 Å². The van der Waals surface area contributed by atoms with Crippen molar-refractivity contribution in [3.05, 3.63) is 12.2 Å². The van der Waals surface area contributed by atoms with Gasteiger partial charge in [0.05, 0.1) is 0 Å². The van der Waals surface area contributed by atoms with Crippen LogP contribution in [0.15, 0.2) is 12.2 Å². The average molecular weight is 320 g/mol. The van der Waals surface area contributed by atoms with Gasteiger partial charge >= 0.3 is 11.9 Å². The topological polar surface area (TPSA) is 69.7 Å². The number of carbonyl (C=O) groups excluding carboxylic acids is 3. The van der Waals surface area contributed by atoms with Gasteiger partial charge in [-0.05, 0) is 57.8 Å². The predicted octanol–water partition coefficient (Wildman–Crippen LogP) is 2.58. The highest BCUT2D eigenvalue weighted by Crippen LogP contribution is 2.58. The van der Waals surface area contributed by atoms with Gasteiger partial charge in [-0.15, -0.1) is 0 Å². The van der Waals surface area contributed by atoms with E-state index >= 15 is 0 Å². The van der Waals surface area contributed by atoms with Crippen LogP contribution in [0.2, 0.25) is 0 Å². The summed E-state index contributed by atoms with van der Waals surface area (Å²) in [6.07, 6.45) is 4.05. The van der Waals surface area contributed by atoms with Gasteiger partial charge in [-0.3, -0.25) is 9.59 Å².